The summed E-state index contributed by atoms with van der Waals surface area (Å²) in [6.07, 6.45) is 4.14. The Kier molecular flexibility index (Phi) is 8.62. The molecular formula is C26H34BrN5O2S. The first-order valence-electron chi connectivity index (χ1n) is 12.4. The average Bonchev–Trinajstić information content (AvgIpc) is 2.88. The highest BCUT2D eigenvalue weighted by Crippen LogP contribution is 2.30. The van der Waals surface area contributed by atoms with Crippen molar-refractivity contribution in [1.29, 1.82) is 0 Å². The molecule has 2 aromatic carbocycles. The lowest BCUT2D eigenvalue weighted by molar-refractivity contribution is 0.284. The molecule has 35 heavy (non-hydrogen) atoms. The molecule has 0 saturated heterocycles. The van der Waals surface area contributed by atoms with Gasteiger partial charge in [-0.1, -0.05) is 24.3 Å². The van der Waals surface area contributed by atoms with Crippen LogP contribution in [0.15, 0.2) is 57.9 Å². The topological polar surface area (TPSA) is 87.2 Å². The van der Waals surface area contributed by atoms with Crippen LogP contribution in [-0.2, 0) is 10.0 Å². The average molecular weight is 561 g/mol. The number of aromatic nitrogens is 2. The Hall–Kier alpha value is -2.23. The normalized spacial score (nSPS) is 18.5. The molecule has 0 aliphatic heterocycles. The van der Waals surface area contributed by atoms with Crippen LogP contribution in [0.25, 0.3) is 10.9 Å². The Bertz CT molecular complexity index is 1240. The third-order valence-electron chi connectivity index (χ3n) is 6.85. The van der Waals surface area contributed by atoms with Gasteiger partial charge < -0.3 is 10.2 Å². The number of benzene rings is 2. The first kappa shape index (κ1) is 25.9. The van der Waals surface area contributed by atoms with Crippen molar-refractivity contribution in [2.24, 2.45) is 11.8 Å². The van der Waals surface area contributed by atoms with Crippen LogP contribution in [-0.4, -0.2) is 44.6 Å². The molecule has 0 bridgehead atoms. The SMILES string of the molecule is CCN(CC)c1nc(NC[C@H]2CC[C@H](CNS(=O)(=O)c3ccccc3Br)CC2)nc2ccccc12. The molecule has 9 heteroatoms. The van der Waals surface area contributed by atoms with Crippen LogP contribution in [0.3, 0.4) is 0 Å². The Morgan fingerprint density at radius 3 is 2.23 bits per heavy atom. The molecule has 0 radical (unpaired) electrons. The summed E-state index contributed by atoms with van der Waals surface area (Å²) in [5.74, 6) is 2.53. The van der Waals surface area contributed by atoms with Crippen LogP contribution in [0.5, 0.6) is 0 Å². The van der Waals surface area contributed by atoms with E-state index in [2.05, 4.69) is 50.8 Å². The smallest absolute Gasteiger partial charge is 0.241 e. The first-order chi connectivity index (χ1) is 16.9. The third kappa shape index (κ3) is 6.32. The largest absolute Gasteiger partial charge is 0.356 e. The van der Waals surface area contributed by atoms with E-state index in [1.807, 2.05) is 24.3 Å². The highest BCUT2D eigenvalue weighted by atomic mass is 79.9. The van der Waals surface area contributed by atoms with Crippen molar-refractivity contribution in [3.8, 4) is 0 Å². The fourth-order valence-corrected chi connectivity index (χ4v) is 6.86. The van der Waals surface area contributed by atoms with Gasteiger partial charge in [0.2, 0.25) is 16.0 Å². The van der Waals surface area contributed by atoms with Crippen molar-refractivity contribution in [1.82, 2.24) is 14.7 Å². The number of nitrogens with one attached hydrogen (secondary N) is 2. The highest BCUT2D eigenvalue weighted by Gasteiger charge is 2.24. The summed E-state index contributed by atoms with van der Waals surface area (Å²) >= 11 is 3.34. The van der Waals surface area contributed by atoms with Gasteiger partial charge in [0.15, 0.2) is 0 Å². The summed E-state index contributed by atoms with van der Waals surface area (Å²) in [4.78, 5) is 12.2. The fraction of sp³-hybridized carbons (Fsp3) is 0.462. The first-order valence-corrected chi connectivity index (χ1v) is 14.7. The molecule has 0 atom stereocenters. The summed E-state index contributed by atoms with van der Waals surface area (Å²) in [5, 5.41) is 4.56. The number of fused-ring (bicyclic) bond motifs is 1. The van der Waals surface area contributed by atoms with Crippen molar-refractivity contribution < 1.29 is 8.42 Å². The molecular weight excluding hydrogens is 526 g/mol. The Balaban J connectivity index is 1.32. The molecule has 1 heterocycles. The van der Waals surface area contributed by atoms with Crippen LogP contribution < -0.4 is 14.9 Å². The molecule has 4 rings (SSSR count). The van der Waals surface area contributed by atoms with Crippen molar-refractivity contribution >= 4 is 48.6 Å². The summed E-state index contributed by atoms with van der Waals surface area (Å²) in [6.45, 7) is 7.38. The number of hydrogen-bond acceptors (Lipinski definition) is 6. The molecule has 0 amide bonds. The van der Waals surface area contributed by atoms with Crippen LogP contribution in [0.1, 0.15) is 39.5 Å². The van der Waals surface area contributed by atoms with Gasteiger partial charge in [-0.3, -0.25) is 0 Å². The molecule has 0 spiro atoms. The predicted molar refractivity (Wildman–Crippen MR) is 146 cm³/mol. The lowest BCUT2D eigenvalue weighted by Gasteiger charge is -2.29. The van der Waals surface area contributed by atoms with E-state index in [-0.39, 0.29) is 4.90 Å². The molecule has 0 unspecified atom stereocenters. The van der Waals surface area contributed by atoms with E-state index in [4.69, 9.17) is 9.97 Å². The predicted octanol–water partition coefficient (Wildman–Crippen LogP) is 5.44. The highest BCUT2D eigenvalue weighted by molar-refractivity contribution is 9.10. The Labute approximate surface area is 216 Å². The molecule has 3 aromatic rings. The molecule has 1 aliphatic carbocycles. The zero-order valence-electron chi connectivity index (χ0n) is 20.4. The Morgan fingerprint density at radius 2 is 1.54 bits per heavy atom. The zero-order valence-corrected chi connectivity index (χ0v) is 22.8. The van der Waals surface area contributed by atoms with Gasteiger partial charge in [0.1, 0.15) is 5.82 Å². The van der Waals surface area contributed by atoms with Crippen molar-refractivity contribution in [2.75, 3.05) is 36.4 Å². The second-order valence-corrected chi connectivity index (χ2v) is 11.7. The zero-order chi connectivity index (χ0) is 24.8. The minimum atomic E-state index is -3.51. The number of para-hydroxylation sites is 1. The minimum absolute atomic E-state index is 0.289. The summed E-state index contributed by atoms with van der Waals surface area (Å²) < 4.78 is 28.7. The standard InChI is InChI=1S/C26H34BrN5O2S/c1-3-32(4-2)25-21-9-5-7-11-23(21)30-26(31-25)28-17-19-13-15-20(16-14-19)18-29-35(33,34)24-12-8-6-10-22(24)27/h5-12,19-20,29H,3-4,13-18H2,1-2H3,(H,28,30,31)/t19-,20-. The molecule has 1 aliphatic rings. The number of sulfonamides is 1. The summed E-state index contributed by atoms with van der Waals surface area (Å²) in [6, 6.07) is 15.1. The van der Waals surface area contributed by atoms with Gasteiger partial charge in [-0.25, -0.2) is 18.1 Å². The summed E-state index contributed by atoms with van der Waals surface area (Å²) in [5.41, 5.74) is 0.952. The van der Waals surface area contributed by atoms with Gasteiger partial charge in [0, 0.05) is 36.0 Å². The van der Waals surface area contributed by atoms with Crippen molar-refractivity contribution in [2.45, 2.75) is 44.4 Å². The van der Waals surface area contributed by atoms with E-state index in [0.717, 1.165) is 62.0 Å². The van der Waals surface area contributed by atoms with Crippen LogP contribution in [0.4, 0.5) is 11.8 Å². The second kappa shape index (κ2) is 11.7. The van der Waals surface area contributed by atoms with Crippen LogP contribution in [0, 0.1) is 11.8 Å². The van der Waals surface area contributed by atoms with Gasteiger partial charge in [-0.05, 0) is 91.6 Å². The van der Waals surface area contributed by atoms with E-state index in [1.54, 1.807) is 18.2 Å². The number of halogens is 1. The van der Waals surface area contributed by atoms with E-state index >= 15 is 0 Å². The van der Waals surface area contributed by atoms with E-state index < -0.39 is 10.0 Å². The maximum Gasteiger partial charge on any atom is 0.241 e. The number of hydrogen-bond donors (Lipinski definition) is 2. The number of anilines is 2. The van der Waals surface area contributed by atoms with Crippen molar-refractivity contribution in [3.63, 3.8) is 0 Å². The quantitative estimate of drug-likeness (QED) is 0.344. The van der Waals surface area contributed by atoms with Crippen LogP contribution >= 0.6 is 15.9 Å². The van der Waals surface area contributed by atoms with Gasteiger partial charge in [0.05, 0.1) is 10.4 Å². The van der Waals surface area contributed by atoms with Gasteiger partial charge in [0.25, 0.3) is 0 Å². The molecule has 7 nitrogen and oxygen atoms in total. The lowest BCUT2D eigenvalue weighted by Crippen LogP contribution is -2.32. The van der Waals surface area contributed by atoms with Gasteiger partial charge in [-0.2, -0.15) is 4.98 Å². The second-order valence-electron chi connectivity index (χ2n) is 9.11. The molecule has 188 valence electrons. The van der Waals surface area contributed by atoms with Gasteiger partial charge >= 0.3 is 0 Å². The summed E-state index contributed by atoms with van der Waals surface area (Å²) in [7, 11) is -3.51. The third-order valence-corrected chi connectivity index (χ3v) is 9.29. The maximum absolute atomic E-state index is 12.7. The monoisotopic (exact) mass is 559 g/mol. The van der Waals surface area contributed by atoms with E-state index in [0.29, 0.717) is 28.8 Å². The lowest BCUT2D eigenvalue weighted by atomic mass is 9.82. The van der Waals surface area contributed by atoms with Crippen LogP contribution in [0.2, 0.25) is 0 Å². The van der Waals surface area contributed by atoms with E-state index in [1.165, 1.54) is 0 Å². The number of nitrogens with zero attached hydrogens (tertiary/aromatic N) is 3. The van der Waals surface area contributed by atoms with E-state index in [9.17, 15) is 8.42 Å². The number of rotatable bonds is 10. The maximum atomic E-state index is 12.7. The molecule has 1 fully saturated rings. The molecule has 2 N–H and O–H groups in total. The van der Waals surface area contributed by atoms with Crippen molar-refractivity contribution in [3.05, 3.63) is 53.0 Å². The fourth-order valence-electron chi connectivity index (χ4n) is 4.75. The molecule has 1 aromatic heterocycles. The van der Waals surface area contributed by atoms with Gasteiger partial charge in [-0.15, -0.1) is 0 Å². The Morgan fingerprint density at radius 1 is 0.914 bits per heavy atom. The minimum Gasteiger partial charge on any atom is -0.356 e. The molecule has 1 saturated carbocycles.